The summed E-state index contributed by atoms with van der Waals surface area (Å²) in [4.78, 5) is 7.18. The number of para-hydroxylation sites is 2. The predicted molar refractivity (Wildman–Crippen MR) is 62.7 cm³/mol. The molecule has 2 aromatic rings. The number of hydrogen-bond acceptors (Lipinski definition) is 3. The van der Waals surface area contributed by atoms with Gasteiger partial charge in [-0.3, -0.25) is 0 Å². The summed E-state index contributed by atoms with van der Waals surface area (Å²) >= 11 is 0. The van der Waals surface area contributed by atoms with Crippen LogP contribution in [0.5, 0.6) is 0 Å². The van der Waals surface area contributed by atoms with E-state index in [1.165, 1.54) is 0 Å². The van der Waals surface area contributed by atoms with Crippen LogP contribution in [0, 0.1) is 0 Å². The van der Waals surface area contributed by atoms with E-state index in [1.54, 1.807) is 6.07 Å². The minimum absolute atomic E-state index is 0.119. The molecule has 1 heterocycles. The number of hydrogen-bond donors (Lipinski definition) is 2. The summed E-state index contributed by atoms with van der Waals surface area (Å²) in [6.07, 6.45) is 0.223. The minimum Gasteiger partial charge on any atom is -0.342 e. The summed E-state index contributed by atoms with van der Waals surface area (Å²) in [5.41, 5.74) is 1.58. The van der Waals surface area contributed by atoms with Crippen molar-refractivity contribution in [3.05, 3.63) is 30.1 Å². The smallest absolute Gasteiger partial charge is 0.342 e. The number of nitrogens with zero attached hydrogens (tertiary/aromatic N) is 1. The molecule has 0 amide bonds. The number of fused-ring (bicyclic) bond motifs is 1. The summed E-state index contributed by atoms with van der Waals surface area (Å²) in [7, 11) is -4.52. The lowest BCUT2D eigenvalue weighted by Crippen LogP contribution is -2.31. The fraction of sp³-hybridized carbons (Fsp3) is 0.300. The van der Waals surface area contributed by atoms with E-state index in [2.05, 4.69) is 9.97 Å². The Morgan fingerprint density at radius 3 is 2.72 bits per heavy atom. The lowest BCUT2D eigenvalue weighted by molar-refractivity contribution is 0.232. The number of aromatic amines is 1. The molecular weight excluding hydrogens is 264 g/mol. The maximum absolute atomic E-state index is 12.0. The van der Waals surface area contributed by atoms with Crippen molar-refractivity contribution in [2.45, 2.75) is 12.2 Å². The van der Waals surface area contributed by atoms with Crippen LogP contribution < -0.4 is 4.72 Å². The van der Waals surface area contributed by atoms with Crippen LogP contribution in [-0.2, 0) is 16.4 Å². The molecule has 0 aliphatic rings. The zero-order valence-corrected chi connectivity index (χ0v) is 10.0. The third-order valence-corrected chi connectivity index (χ3v) is 3.41. The Kier molecular flexibility index (Phi) is 3.58. The van der Waals surface area contributed by atoms with Crippen molar-refractivity contribution in [1.29, 1.82) is 0 Å². The Hall–Kier alpha value is -1.54. The normalized spacial score (nSPS) is 12.4. The van der Waals surface area contributed by atoms with E-state index in [4.69, 9.17) is 0 Å². The van der Waals surface area contributed by atoms with Gasteiger partial charge in [0.2, 0.25) is 0 Å². The van der Waals surface area contributed by atoms with Gasteiger partial charge in [-0.2, -0.15) is 8.78 Å². The molecule has 2 N–H and O–H groups in total. The minimum atomic E-state index is -4.52. The van der Waals surface area contributed by atoms with E-state index in [1.807, 2.05) is 22.9 Å². The highest BCUT2D eigenvalue weighted by Gasteiger charge is 2.22. The number of H-pyrrole nitrogens is 1. The van der Waals surface area contributed by atoms with Gasteiger partial charge in [0.15, 0.2) is 0 Å². The number of halogens is 2. The molecule has 0 saturated heterocycles. The Morgan fingerprint density at radius 2 is 2.06 bits per heavy atom. The van der Waals surface area contributed by atoms with Gasteiger partial charge in [0, 0.05) is 13.0 Å². The Bertz CT molecular complexity index is 606. The van der Waals surface area contributed by atoms with Crippen LogP contribution in [0.15, 0.2) is 24.3 Å². The topological polar surface area (TPSA) is 74.8 Å². The molecule has 2 rings (SSSR count). The monoisotopic (exact) mass is 275 g/mol. The molecule has 5 nitrogen and oxygen atoms in total. The van der Waals surface area contributed by atoms with Gasteiger partial charge < -0.3 is 4.98 Å². The predicted octanol–water partition coefficient (Wildman–Crippen LogP) is 1.25. The van der Waals surface area contributed by atoms with Crippen molar-refractivity contribution in [2.24, 2.45) is 0 Å². The summed E-state index contributed by atoms with van der Waals surface area (Å²) in [6.45, 7) is -0.119. The fourth-order valence-electron chi connectivity index (χ4n) is 1.50. The largest absolute Gasteiger partial charge is 0.350 e. The molecule has 0 aliphatic carbocycles. The Balaban J connectivity index is 1.99. The lowest BCUT2D eigenvalue weighted by atomic mass is 10.3. The Labute approximate surface area is 102 Å². The third-order valence-electron chi connectivity index (χ3n) is 2.34. The van der Waals surface area contributed by atoms with Gasteiger partial charge in [0.1, 0.15) is 5.82 Å². The molecule has 0 aliphatic heterocycles. The summed E-state index contributed by atoms with van der Waals surface area (Å²) in [5.74, 6) is -2.86. The zero-order valence-electron chi connectivity index (χ0n) is 9.23. The second-order valence-electron chi connectivity index (χ2n) is 3.65. The summed E-state index contributed by atoms with van der Waals surface area (Å²) in [5, 5.41) is 0. The first kappa shape index (κ1) is 12.9. The van der Waals surface area contributed by atoms with Crippen LogP contribution in [0.4, 0.5) is 8.78 Å². The third kappa shape index (κ3) is 2.82. The maximum atomic E-state index is 12.0. The first-order valence-corrected chi connectivity index (χ1v) is 6.74. The van der Waals surface area contributed by atoms with Crippen molar-refractivity contribution in [2.75, 3.05) is 6.54 Å². The van der Waals surface area contributed by atoms with E-state index < -0.39 is 15.8 Å². The number of alkyl halides is 2. The molecule has 8 heteroatoms. The molecule has 18 heavy (non-hydrogen) atoms. The Morgan fingerprint density at radius 1 is 1.33 bits per heavy atom. The number of benzene rings is 1. The van der Waals surface area contributed by atoms with E-state index in [0.29, 0.717) is 5.82 Å². The standard InChI is InChI=1S/C10H11F2N3O2S/c11-10(12)18(16,17)13-6-5-9-14-7-3-1-2-4-8(7)15-9/h1-4,10,13H,5-6H2,(H,14,15). The van der Waals surface area contributed by atoms with Crippen LogP contribution in [0.3, 0.4) is 0 Å². The van der Waals surface area contributed by atoms with Crippen molar-refractivity contribution >= 4 is 21.1 Å². The van der Waals surface area contributed by atoms with Crippen molar-refractivity contribution in [1.82, 2.24) is 14.7 Å². The molecule has 0 bridgehead atoms. The van der Waals surface area contributed by atoms with Gasteiger partial charge in [-0.15, -0.1) is 0 Å². The molecule has 98 valence electrons. The fourth-order valence-corrected chi connectivity index (χ4v) is 2.01. The van der Waals surface area contributed by atoms with Crippen LogP contribution in [0.1, 0.15) is 5.82 Å². The number of sulfonamides is 1. The van der Waals surface area contributed by atoms with Crippen LogP contribution >= 0.6 is 0 Å². The van der Waals surface area contributed by atoms with Crippen molar-refractivity contribution in [3.63, 3.8) is 0 Å². The van der Waals surface area contributed by atoms with E-state index in [0.717, 1.165) is 11.0 Å². The van der Waals surface area contributed by atoms with Gasteiger partial charge in [-0.1, -0.05) is 12.1 Å². The van der Waals surface area contributed by atoms with Crippen molar-refractivity contribution < 1.29 is 17.2 Å². The van der Waals surface area contributed by atoms with Gasteiger partial charge in [0.25, 0.3) is 10.0 Å². The van der Waals surface area contributed by atoms with Gasteiger partial charge in [-0.25, -0.2) is 18.1 Å². The summed E-state index contributed by atoms with van der Waals surface area (Å²) < 4.78 is 47.5. The van der Waals surface area contributed by atoms with E-state index in [9.17, 15) is 17.2 Å². The molecule has 0 spiro atoms. The van der Waals surface area contributed by atoms with Crippen LogP contribution in [0.2, 0.25) is 0 Å². The first-order chi connectivity index (χ1) is 8.49. The average Bonchev–Trinajstić information content (AvgIpc) is 2.70. The second kappa shape index (κ2) is 4.99. The highest BCUT2D eigenvalue weighted by atomic mass is 32.2. The molecule has 1 aromatic heterocycles. The van der Waals surface area contributed by atoms with Gasteiger partial charge in [-0.05, 0) is 12.1 Å². The quantitative estimate of drug-likeness (QED) is 0.862. The molecule has 0 radical (unpaired) electrons. The molecular formula is C10H11F2N3O2S. The lowest BCUT2D eigenvalue weighted by Gasteiger charge is -2.03. The molecule has 0 unspecified atom stereocenters. The van der Waals surface area contributed by atoms with E-state index >= 15 is 0 Å². The van der Waals surface area contributed by atoms with Crippen LogP contribution in [-0.4, -0.2) is 30.7 Å². The average molecular weight is 275 g/mol. The van der Waals surface area contributed by atoms with Gasteiger partial charge in [0.05, 0.1) is 11.0 Å². The van der Waals surface area contributed by atoms with Crippen molar-refractivity contribution in [3.8, 4) is 0 Å². The highest BCUT2D eigenvalue weighted by molar-refractivity contribution is 7.89. The van der Waals surface area contributed by atoms with Crippen LogP contribution in [0.25, 0.3) is 11.0 Å². The molecule has 0 fully saturated rings. The maximum Gasteiger partial charge on any atom is 0.350 e. The number of nitrogens with one attached hydrogen (secondary N) is 2. The SMILES string of the molecule is O=S(=O)(NCCc1nc2ccccc2[nH]1)C(F)F. The van der Waals surface area contributed by atoms with Gasteiger partial charge >= 0.3 is 5.76 Å². The number of imidazole rings is 1. The summed E-state index contributed by atoms with van der Waals surface area (Å²) in [6, 6.07) is 7.30. The molecule has 0 atom stereocenters. The first-order valence-electron chi connectivity index (χ1n) is 5.19. The van der Waals surface area contributed by atoms with E-state index in [-0.39, 0.29) is 13.0 Å². The number of aromatic nitrogens is 2. The zero-order chi connectivity index (χ0) is 13.2. The number of rotatable bonds is 5. The molecule has 0 saturated carbocycles. The second-order valence-corrected chi connectivity index (χ2v) is 5.39. The molecule has 1 aromatic carbocycles. The highest BCUT2D eigenvalue weighted by Crippen LogP contribution is 2.10.